The van der Waals surface area contributed by atoms with Gasteiger partial charge in [-0.1, -0.05) is 84.9 Å². The van der Waals surface area contributed by atoms with Gasteiger partial charge in [0, 0.05) is 38.3 Å². The molecule has 4 atom stereocenters. The van der Waals surface area contributed by atoms with Crippen molar-refractivity contribution in [3.8, 4) is 0 Å². The predicted octanol–water partition coefficient (Wildman–Crippen LogP) is 8.01. The van der Waals surface area contributed by atoms with Gasteiger partial charge in [0.05, 0.1) is 23.5 Å². The number of amides is 4. The van der Waals surface area contributed by atoms with E-state index in [1.54, 1.807) is 40.1 Å². The van der Waals surface area contributed by atoms with Crippen molar-refractivity contribution in [2.45, 2.75) is 83.7 Å². The summed E-state index contributed by atoms with van der Waals surface area (Å²) in [6, 6.07) is 33.9. The van der Waals surface area contributed by atoms with Crippen molar-refractivity contribution in [2.24, 2.45) is 0 Å². The Hall–Kier alpha value is -6.57. The third-order valence-corrected chi connectivity index (χ3v) is 11.2. The number of anilines is 2. The molecule has 2 aromatic heterocycles. The van der Waals surface area contributed by atoms with Gasteiger partial charge in [-0.3, -0.25) is 19.4 Å². The van der Waals surface area contributed by atoms with Gasteiger partial charge in [-0.25, -0.2) is 4.79 Å². The molecule has 6 aromatic rings. The lowest BCUT2D eigenvalue weighted by Gasteiger charge is -2.37. The van der Waals surface area contributed by atoms with E-state index in [-0.39, 0.29) is 43.0 Å². The maximum Gasteiger partial charge on any atom is 0.321 e. The Labute approximate surface area is 355 Å². The molecule has 2 fully saturated rings. The van der Waals surface area contributed by atoms with Crippen LogP contribution in [0.5, 0.6) is 0 Å². The molecule has 314 valence electrons. The number of nitrogens with zero attached hydrogens (tertiary/aromatic N) is 6. The summed E-state index contributed by atoms with van der Waals surface area (Å²) in [5, 5.41) is 0. The molecule has 8 rings (SSSR count). The largest absolute Gasteiger partial charge is 0.431 e. The molecule has 13 nitrogen and oxygen atoms in total. The first-order valence-corrected chi connectivity index (χ1v) is 20.4. The molecule has 4 aromatic carbocycles. The summed E-state index contributed by atoms with van der Waals surface area (Å²) in [5.74, 6) is -1.56. The summed E-state index contributed by atoms with van der Waals surface area (Å²) in [4.78, 5) is 58.4. The van der Waals surface area contributed by atoms with Crippen LogP contribution in [0.15, 0.2) is 131 Å². The second kappa shape index (κ2) is 17.2. The first kappa shape index (κ1) is 41.2. The lowest BCUT2D eigenvalue weighted by Crippen LogP contribution is -2.51. The van der Waals surface area contributed by atoms with Crippen LogP contribution in [0.2, 0.25) is 0 Å². The number of rotatable bonds is 12. The smallest absolute Gasteiger partial charge is 0.321 e. The van der Waals surface area contributed by atoms with Crippen molar-refractivity contribution in [1.82, 2.24) is 19.8 Å². The minimum absolute atomic E-state index is 0.166. The summed E-state index contributed by atoms with van der Waals surface area (Å²) >= 11 is 0. The molecule has 0 bridgehead atoms. The van der Waals surface area contributed by atoms with Gasteiger partial charge in [-0.2, -0.15) is 9.97 Å². The van der Waals surface area contributed by atoms with Crippen LogP contribution in [-0.4, -0.2) is 81.8 Å². The van der Waals surface area contributed by atoms with E-state index < -0.39 is 30.1 Å². The van der Waals surface area contributed by atoms with Gasteiger partial charge in [-0.15, -0.1) is 0 Å². The van der Waals surface area contributed by atoms with Gasteiger partial charge in [0.2, 0.25) is 0 Å². The third kappa shape index (κ3) is 8.98. The zero-order valence-corrected chi connectivity index (χ0v) is 35.2. The maximum atomic E-state index is 15.7. The molecule has 0 radical (unpaired) electrons. The molecule has 0 N–H and O–H groups in total. The highest BCUT2D eigenvalue weighted by molar-refractivity contribution is 6.05. The van der Waals surface area contributed by atoms with E-state index in [2.05, 4.69) is 34.2 Å². The molecular weight excluding hydrogens is 773 g/mol. The molecule has 0 spiro atoms. The second-order valence-corrected chi connectivity index (χ2v) is 16.3. The van der Waals surface area contributed by atoms with Crippen LogP contribution in [0, 0.1) is 13.8 Å². The number of oxazole rings is 2. The Balaban J connectivity index is 1.21. The van der Waals surface area contributed by atoms with Crippen molar-refractivity contribution in [3.63, 3.8) is 0 Å². The summed E-state index contributed by atoms with van der Waals surface area (Å²) in [6.45, 7) is 7.76. The van der Waals surface area contributed by atoms with E-state index in [0.717, 1.165) is 22.3 Å². The van der Waals surface area contributed by atoms with E-state index in [1.165, 1.54) is 22.3 Å². The van der Waals surface area contributed by atoms with Gasteiger partial charge >= 0.3 is 18.1 Å². The first-order valence-electron chi connectivity index (χ1n) is 20.4. The molecule has 0 saturated carbocycles. The highest BCUT2D eigenvalue weighted by Crippen LogP contribution is 2.40. The average Bonchev–Trinajstić information content (AvgIpc) is 3.99. The molecule has 4 heterocycles. The van der Waals surface area contributed by atoms with Crippen molar-refractivity contribution in [2.75, 3.05) is 23.9 Å². The fraction of sp³-hybridized carbons (Fsp3) is 0.312. The average molecular weight is 823 g/mol. The van der Waals surface area contributed by atoms with Crippen LogP contribution in [0.4, 0.5) is 16.8 Å². The SMILES string of the molecule is Cc1coc(N(C)C(=O)c2cccc(CN3C(=O)N(Cc4cccc(C(=O)N(C)c5nc(C)co5)c4)[C@H](Cc4ccccc4)[C@@H]4OC(C)(C)O[C@H]4[C@H]3Cc3ccccc3)c2)n1. The number of hydrogen-bond acceptors (Lipinski definition) is 9. The topological polar surface area (TPSA) is 135 Å². The summed E-state index contributed by atoms with van der Waals surface area (Å²) in [5.41, 5.74) is 5.74. The first-order chi connectivity index (χ1) is 29.3. The Bertz CT molecular complexity index is 2330. The van der Waals surface area contributed by atoms with Crippen LogP contribution in [0.25, 0.3) is 0 Å². The van der Waals surface area contributed by atoms with Gasteiger partial charge < -0.3 is 28.1 Å². The second-order valence-electron chi connectivity index (χ2n) is 16.3. The van der Waals surface area contributed by atoms with E-state index in [4.69, 9.17) is 18.3 Å². The summed E-state index contributed by atoms with van der Waals surface area (Å²) in [7, 11) is 3.24. The van der Waals surface area contributed by atoms with E-state index in [0.29, 0.717) is 35.4 Å². The predicted molar refractivity (Wildman–Crippen MR) is 229 cm³/mol. The Morgan fingerprint density at radius 1 is 0.607 bits per heavy atom. The molecule has 61 heavy (non-hydrogen) atoms. The molecule has 13 heteroatoms. The summed E-state index contributed by atoms with van der Waals surface area (Å²) in [6.07, 6.45) is 2.90. The van der Waals surface area contributed by atoms with Crippen molar-refractivity contribution < 1.29 is 32.7 Å². The number of hydrogen-bond donors (Lipinski definition) is 0. The Kier molecular flexibility index (Phi) is 11.6. The lowest BCUT2D eigenvalue weighted by atomic mass is 9.90. The van der Waals surface area contributed by atoms with Crippen LogP contribution in [0.1, 0.15) is 68.2 Å². The van der Waals surface area contributed by atoms with Gasteiger partial charge in [0.1, 0.15) is 24.7 Å². The van der Waals surface area contributed by atoms with E-state index in [1.807, 2.05) is 96.4 Å². The van der Waals surface area contributed by atoms with E-state index in [9.17, 15) is 9.59 Å². The monoisotopic (exact) mass is 822 g/mol. The highest BCUT2D eigenvalue weighted by Gasteiger charge is 2.55. The highest BCUT2D eigenvalue weighted by atomic mass is 16.8. The number of aromatic nitrogens is 2. The maximum absolute atomic E-state index is 15.7. The number of carbonyl (C=O) groups excluding carboxylic acids is 3. The number of benzene rings is 4. The number of ether oxygens (including phenoxy) is 2. The standard InChI is InChI=1S/C48H50N6O7/c1-31-29-58-45(49-31)51(5)43(55)37-21-13-19-35(23-37)27-53-39(25-33-15-9-7-10-16-33)41-42(61-48(3,4)60-41)40(26-34-17-11-8-12-18-34)54(47(53)57)28-36-20-14-22-38(24-36)44(56)52(6)46-50-32(2)30-59-46/h7-24,29-30,39-42H,25-28H2,1-6H3/t39-,40-,41+,42+/m1/s1. The number of urea groups is 1. The van der Waals surface area contributed by atoms with Crippen LogP contribution in [-0.2, 0) is 35.4 Å². The molecule has 2 aliphatic heterocycles. The Morgan fingerprint density at radius 2 is 1.00 bits per heavy atom. The molecule has 0 unspecified atom stereocenters. The molecule has 0 aliphatic carbocycles. The van der Waals surface area contributed by atoms with Crippen molar-refractivity contribution in [1.29, 1.82) is 0 Å². The molecule has 2 saturated heterocycles. The number of carbonyl (C=O) groups is 3. The van der Waals surface area contributed by atoms with E-state index >= 15 is 4.79 Å². The lowest BCUT2D eigenvalue weighted by molar-refractivity contribution is -0.157. The molecule has 4 amide bonds. The zero-order valence-electron chi connectivity index (χ0n) is 35.2. The Morgan fingerprint density at radius 3 is 1.38 bits per heavy atom. The molecular formula is C48H50N6O7. The normalized spacial score (nSPS) is 19.7. The van der Waals surface area contributed by atoms with Crippen LogP contribution < -0.4 is 9.80 Å². The zero-order chi connectivity index (χ0) is 42.8. The van der Waals surface area contributed by atoms with Gasteiger partial charge in [0.15, 0.2) is 5.79 Å². The van der Waals surface area contributed by atoms with Crippen LogP contribution in [0.3, 0.4) is 0 Å². The molecule has 2 aliphatic rings. The van der Waals surface area contributed by atoms with Crippen LogP contribution >= 0.6 is 0 Å². The number of fused-ring (bicyclic) bond motifs is 1. The van der Waals surface area contributed by atoms with Crippen molar-refractivity contribution in [3.05, 3.63) is 166 Å². The van der Waals surface area contributed by atoms with Crippen molar-refractivity contribution >= 4 is 29.9 Å². The quantitative estimate of drug-likeness (QED) is 0.120. The minimum Gasteiger partial charge on any atom is -0.431 e. The summed E-state index contributed by atoms with van der Waals surface area (Å²) < 4.78 is 24.8. The fourth-order valence-corrected chi connectivity index (χ4v) is 8.30. The van der Waals surface area contributed by atoms with Gasteiger partial charge in [0.25, 0.3) is 11.8 Å². The minimum atomic E-state index is -0.957. The number of aryl methyl sites for hydroxylation is 2. The van der Waals surface area contributed by atoms with Gasteiger partial charge in [-0.05, 0) is 87.1 Å². The fourth-order valence-electron chi connectivity index (χ4n) is 8.30. The third-order valence-electron chi connectivity index (χ3n) is 11.2.